The number of amides is 2. The Bertz CT molecular complexity index is 741. The molecule has 0 unspecified atom stereocenters. The smallest absolute Gasteiger partial charge is 0.319 e. The number of anilines is 1. The van der Waals surface area contributed by atoms with Gasteiger partial charge in [0.05, 0.1) is 17.8 Å². The summed E-state index contributed by atoms with van der Waals surface area (Å²) in [5.41, 5.74) is 1.82. The lowest BCUT2D eigenvalue weighted by atomic mass is 10.2. The zero-order valence-corrected chi connectivity index (χ0v) is 13.4. The lowest BCUT2D eigenvalue weighted by molar-refractivity contribution is 0.247. The molecule has 0 radical (unpaired) electrons. The first-order valence-corrected chi connectivity index (χ1v) is 7.41. The van der Waals surface area contributed by atoms with Gasteiger partial charge in [0.15, 0.2) is 0 Å². The molecule has 0 atom stereocenters. The maximum atomic E-state index is 11.8. The van der Waals surface area contributed by atoms with Crippen molar-refractivity contribution in [2.45, 2.75) is 6.92 Å². The Morgan fingerprint density at radius 3 is 2.83 bits per heavy atom. The van der Waals surface area contributed by atoms with Crippen LogP contribution in [-0.4, -0.2) is 19.2 Å². The van der Waals surface area contributed by atoms with Crippen molar-refractivity contribution in [1.82, 2.24) is 5.32 Å². The van der Waals surface area contributed by atoms with Crippen molar-refractivity contribution in [3.63, 3.8) is 0 Å². The Kier molecular flexibility index (Phi) is 5.84. The average molecular weight is 330 g/mol. The van der Waals surface area contributed by atoms with Gasteiger partial charge in [-0.3, -0.25) is 0 Å². The summed E-state index contributed by atoms with van der Waals surface area (Å²) < 4.78 is 5.53. The third-order valence-corrected chi connectivity index (χ3v) is 3.51. The summed E-state index contributed by atoms with van der Waals surface area (Å²) in [6.07, 6.45) is 0. The highest BCUT2D eigenvalue weighted by atomic mass is 35.5. The zero-order valence-electron chi connectivity index (χ0n) is 12.6. The van der Waals surface area contributed by atoms with Crippen molar-refractivity contribution in [2.24, 2.45) is 0 Å². The summed E-state index contributed by atoms with van der Waals surface area (Å²) in [5, 5.41) is 14.9. The number of halogens is 1. The Balaban J connectivity index is 1.77. The highest BCUT2D eigenvalue weighted by molar-refractivity contribution is 6.31. The molecule has 118 valence electrons. The molecule has 0 aliphatic heterocycles. The van der Waals surface area contributed by atoms with Crippen LogP contribution in [0.15, 0.2) is 42.5 Å². The first-order chi connectivity index (χ1) is 11.1. The molecule has 0 heterocycles. The van der Waals surface area contributed by atoms with Gasteiger partial charge >= 0.3 is 6.03 Å². The maximum absolute atomic E-state index is 11.8. The number of nitriles is 1. The molecule has 0 spiro atoms. The Labute approximate surface area is 139 Å². The van der Waals surface area contributed by atoms with Gasteiger partial charge in [-0.05, 0) is 42.8 Å². The first-order valence-electron chi connectivity index (χ1n) is 7.03. The van der Waals surface area contributed by atoms with E-state index in [4.69, 9.17) is 21.6 Å². The molecule has 0 aromatic heterocycles. The Morgan fingerprint density at radius 2 is 2.09 bits per heavy atom. The third kappa shape index (κ3) is 4.90. The minimum atomic E-state index is -0.386. The molecule has 0 aliphatic carbocycles. The van der Waals surface area contributed by atoms with Gasteiger partial charge in [0.2, 0.25) is 0 Å². The fraction of sp³-hybridized carbons (Fsp3) is 0.176. The average Bonchev–Trinajstić information content (AvgIpc) is 2.55. The van der Waals surface area contributed by atoms with Gasteiger partial charge in [0, 0.05) is 5.02 Å². The monoisotopic (exact) mass is 329 g/mol. The van der Waals surface area contributed by atoms with Crippen molar-refractivity contribution in [3.8, 4) is 11.8 Å². The molecule has 6 heteroatoms. The number of rotatable bonds is 5. The van der Waals surface area contributed by atoms with E-state index in [1.165, 1.54) is 0 Å². The van der Waals surface area contributed by atoms with Crippen LogP contribution in [0.2, 0.25) is 5.02 Å². The van der Waals surface area contributed by atoms with E-state index in [0.29, 0.717) is 35.2 Å². The molecular formula is C17H16ClN3O2. The maximum Gasteiger partial charge on any atom is 0.319 e. The highest BCUT2D eigenvalue weighted by Crippen LogP contribution is 2.20. The Morgan fingerprint density at radius 1 is 1.30 bits per heavy atom. The molecule has 0 bridgehead atoms. The van der Waals surface area contributed by atoms with Crippen LogP contribution in [-0.2, 0) is 0 Å². The molecular weight excluding hydrogens is 314 g/mol. The van der Waals surface area contributed by atoms with Gasteiger partial charge in [-0.15, -0.1) is 0 Å². The molecule has 2 amide bonds. The number of aryl methyl sites for hydroxylation is 1. The van der Waals surface area contributed by atoms with Gasteiger partial charge in [0.1, 0.15) is 18.4 Å². The molecule has 2 N–H and O–H groups in total. The van der Waals surface area contributed by atoms with Crippen LogP contribution in [0.5, 0.6) is 5.75 Å². The molecule has 2 aromatic carbocycles. The standard InChI is InChI=1S/C17H16ClN3O2/c1-12-10-14(6-7-15(12)18)23-9-8-20-17(22)21-16-5-3-2-4-13(16)11-19/h2-7,10H,8-9H2,1H3,(H2,20,21,22). The SMILES string of the molecule is Cc1cc(OCCNC(=O)Nc2ccccc2C#N)ccc1Cl. The van der Waals surface area contributed by atoms with Crippen molar-refractivity contribution in [2.75, 3.05) is 18.5 Å². The van der Waals surface area contributed by atoms with Crippen LogP contribution in [0.1, 0.15) is 11.1 Å². The fourth-order valence-electron chi connectivity index (χ4n) is 1.90. The molecule has 0 fully saturated rings. The molecule has 2 rings (SSSR count). The van der Waals surface area contributed by atoms with Crippen molar-refractivity contribution >= 4 is 23.3 Å². The summed E-state index contributed by atoms with van der Waals surface area (Å²) in [7, 11) is 0. The topological polar surface area (TPSA) is 74.2 Å². The predicted octanol–water partition coefficient (Wildman–Crippen LogP) is 3.72. The van der Waals surface area contributed by atoms with E-state index in [0.717, 1.165) is 5.56 Å². The first kappa shape index (κ1) is 16.7. The number of carbonyl (C=O) groups is 1. The lowest BCUT2D eigenvalue weighted by Gasteiger charge is -2.10. The molecule has 2 aromatic rings. The summed E-state index contributed by atoms with van der Waals surface area (Å²) >= 11 is 5.94. The van der Waals surface area contributed by atoms with Crippen LogP contribution in [0.25, 0.3) is 0 Å². The summed E-state index contributed by atoms with van der Waals surface area (Å²) in [5.74, 6) is 0.698. The van der Waals surface area contributed by atoms with Gasteiger partial charge in [-0.2, -0.15) is 5.26 Å². The minimum absolute atomic E-state index is 0.328. The van der Waals surface area contributed by atoms with Gasteiger partial charge in [-0.1, -0.05) is 23.7 Å². The molecule has 5 nitrogen and oxygen atoms in total. The fourth-order valence-corrected chi connectivity index (χ4v) is 2.01. The highest BCUT2D eigenvalue weighted by Gasteiger charge is 2.05. The summed E-state index contributed by atoms with van der Waals surface area (Å²) in [6.45, 7) is 2.56. The number of hydrogen-bond donors (Lipinski definition) is 2. The summed E-state index contributed by atoms with van der Waals surface area (Å²) in [6, 6.07) is 13.8. The van der Waals surface area contributed by atoms with E-state index in [9.17, 15) is 4.79 Å². The number of para-hydroxylation sites is 1. The van der Waals surface area contributed by atoms with E-state index in [2.05, 4.69) is 10.6 Å². The Hall–Kier alpha value is -2.71. The largest absolute Gasteiger partial charge is 0.492 e. The van der Waals surface area contributed by atoms with Crippen LogP contribution in [0.4, 0.5) is 10.5 Å². The molecule has 23 heavy (non-hydrogen) atoms. The van der Waals surface area contributed by atoms with E-state index in [-0.39, 0.29) is 6.03 Å². The van der Waals surface area contributed by atoms with E-state index in [1.807, 2.05) is 19.1 Å². The second-order valence-electron chi connectivity index (χ2n) is 4.80. The molecule has 0 saturated heterocycles. The number of benzene rings is 2. The number of ether oxygens (including phenoxy) is 1. The lowest BCUT2D eigenvalue weighted by Crippen LogP contribution is -2.32. The molecule has 0 aliphatic rings. The number of urea groups is 1. The van der Waals surface area contributed by atoms with Crippen LogP contribution in [0, 0.1) is 18.3 Å². The normalized spacial score (nSPS) is 9.78. The van der Waals surface area contributed by atoms with Gasteiger partial charge in [0.25, 0.3) is 0 Å². The quantitative estimate of drug-likeness (QED) is 0.821. The van der Waals surface area contributed by atoms with E-state index >= 15 is 0 Å². The van der Waals surface area contributed by atoms with Crippen LogP contribution in [0.3, 0.4) is 0 Å². The number of nitrogens with one attached hydrogen (secondary N) is 2. The molecule has 0 saturated carbocycles. The predicted molar refractivity (Wildman–Crippen MR) is 89.9 cm³/mol. The second-order valence-corrected chi connectivity index (χ2v) is 5.20. The van der Waals surface area contributed by atoms with Crippen molar-refractivity contribution in [3.05, 3.63) is 58.6 Å². The van der Waals surface area contributed by atoms with Crippen LogP contribution >= 0.6 is 11.6 Å². The summed E-state index contributed by atoms with van der Waals surface area (Å²) in [4.78, 5) is 11.8. The van der Waals surface area contributed by atoms with E-state index in [1.54, 1.807) is 36.4 Å². The zero-order chi connectivity index (χ0) is 16.7. The van der Waals surface area contributed by atoms with E-state index < -0.39 is 0 Å². The number of carbonyl (C=O) groups excluding carboxylic acids is 1. The second kappa shape index (κ2) is 8.06. The van der Waals surface area contributed by atoms with Crippen LogP contribution < -0.4 is 15.4 Å². The van der Waals surface area contributed by atoms with Crippen molar-refractivity contribution < 1.29 is 9.53 Å². The minimum Gasteiger partial charge on any atom is -0.492 e. The van der Waals surface area contributed by atoms with Gasteiger partial charge < -0.3 is 15.4 Å². The number of nitrogens with zero attached hydrogens (tertiary/aromatic N) is 1. The van der Waals surface area contributed by atoms with Crippen molar-refractivity contribution in [1.29, 1.82) is 5.26 Å². The number of hydrogen-bond acceptors (Lipinski definition) is 3. The van der Waals surface area contributed by atoms with Gasteiger partial charge in [-0.25, -0.2) is 4.79 Å². The third-order valence-electron chi connectivity index (χ3n) is 3.08.